The molecule has 1 heterocycles. The first-order chi connectivity index (χ1) is 8.19. The molecule has 2 aromatic rings. The molecule has 0 saturated carbocycles. The predicted octanol–water partition coefficient (Wildman–Crippen LogP) is 4.00. The lowest BCUT2D eigenvalue weighted by Gasteiger charge is -2.09. The van der Waals surface area contributed by atoms with Crippen LogP contribution in [-0.4, -0.2) is 4.98 Å². The Bertz CT molecular complexity index is 518. The number of hydrogen-bond donors (Lipinski definition) is 1. The van der Waals surface area contributed by atoms with Gasteiger partial charge in [0.1, 0.15) is 5.82 Å². The second-order valence-electron chi connectivity index (χ2n) is 4.34. The number of nitrogens with one attached hydrogen (secondary N) is 1. The van der Waals surface area contributed by atoms with E-state index in [1.807, 2.05) is 18.3 Å². The summed E-state index contributed by atoms with van der Waals surface area (Å²) >= 11 is 0. The van der Waals surface area contributed by atoms with Gasteiger partial charge in [-0.15, -0.1) is 0 Å². The van der Waals surface area contributed by atoms with E-state index in [-0.39, 0.29) is 0 Å². The van der Waals surface area contributed by atoms with Gasteiger partial charge in [-0.25, -0.2) is 4.98 Å². The molecule has 0 spiro atoms. The SMILES string of the molecule is CCc1cc(Nc2cc(C)ccn2)ccc1C. The van der Waals surface area contributed by atoms with Crippen molar-refractivity contribution < 1.29 is 0 Å². The third kappa shape index (κ3) is 2.84. The maximum atomic E-state index is 4.30. The molecule has 2 rings (SSSR count). The number of aromatic nitrogens is 1. The molecule has 1 N–H and O–H groups in total. The smallest absolute Gasteiger partial charge is 0.130 e. The van der Waals surface area contributed by atoms with Crippen molar-refractivity contribution >= 4 is 11.5 Å². The van der Waals surface area contributed by atoms with Gasteiger partial charge in [-0.2, -0.15) is 0 Å². The molecule has 1 aromatic carbocycles. The van der Waals surface area contributed by atoms with E-state index in [4.69, 9.17) is 0 Å². The van der Waals surface area contributed by atoms with Crippen LogP contribution in [0, 0.1) is 13.8 Å². The minimum Gasteiger partial charge on any atom is -0.340 e. The standard InChI is InChI=1S/C15H18N2/c1-4-13-10-14(6-5-12(13)3)17-15-9-11(2)7-8-16-15/h5-10H,4H2,1-3H3,(H,16,17). The number of aryl methyl sites for hydroxylation is 3. The molecule has 0 fully saturated rings. The molecule has 0 aliphatic rings. The molecule has 17 heavy (non-hydrogen) atoms. The summed E-state index contributed by atoms with van der Waals surface area (Å²) in [6, 6.07) is 10.5. The van der Waals surface area contributed by atoms with Crippen LogP contribution in [0.5, 0.6) is 0 Å². The molecule has 0 amide bonds. The van der Waals surface area contributed by atoms with E-state index in [0.29, 0.717) is 0 Å². The average Bonchev–Trinajstić information content (AvgIpc) is 2.32. The molecule has 0 atom stereocenters. The van der Waals surface area contributed by atoms with E-state index < -0.39 is 0 Å². The van der Waals surface area contributed by atoms with Gasteiger partial charge >= 0.3 is 0 Å². The van der Waals surface area contributed by atoms with Gasteiger partial charge in [0.05, 0.1) is 0 Å². The Morgan fingerprint density at radius 1 is 1.12 bits per heavy atom. The number of benzene rings is 1. The van der Waals surface area contributed by atoms with Crippen molar-refractivity contribution in [3.05, 3.63) is 53.2 Å². The van der Waals surface area contributed by atoms with Crippen molar-refractivity contribution in [2.24, 2.45) is 0 Å². The van der Waals surface area contributed by atoms with Crippen LogP contribution in [0.1, 0.15) is 23.6 Å². The zero-order valence-corrected chi connectivity index (χ0v) is 10.6. The van der Waals surface area contributed by atoms with Gasteiger partial charge in [0.25, 0.3) is 0 Å². The largest absolute Gasteiger partial charge is 0.340 e. The maximum Gasteiger partial charge on any atom is 0.130 e. The Balaban J connectivity index is 2.24. The van der Waals surface area contributed by atoms with E-state index >= 15 is 0 Å². The van der Waals surface area contributed by atoms with E-state index in [2.05, 4.69) is 49.3 Å². The number of anilines is 2. The van der Waals surface area contributed by atoms with E-state index in [1.165, 1.54) is 16.7 Å². The van der Waals surface area contributed by atoms with Crippen LogP contribution in [0.4, 0.5) is 11.5 Å². The third-order valence-electron chi connectivity index (χ3n) is 2.92. The van der Waals surface area contributed by atoms with Gasteiger partial charge in [0.15, 0.2) is 0 Å². The second kappa shape index (κ2) is 5.00. The summed E-state index contributed by atoms with van der Waals surface area (Å²) in [6.45, 7) is 6.39. The maximum absolute atomic E-state index is 4.30. The van der Waals surface area contributed by atoms with Crippen LogP contribution in [0.3, 0.4) is 0 Å². The third-order valence-corrected chi connectivity index (χ3v) is 2.92. The second-order valence-corrected chi connectivity index (χ2v) is 4.34. The molecule has 2 heteroatoms. The first-order valence-electron chi connectivity index (χ1n) is 5.98. The van der Waals surface area contributed by atoms with Crippen molar-refractivity contribution in [2.75, 3.05) is 5.32 Å². The molecular weight excluding hydrogens is 208 g/mol. The van der Waals surface area contributed by atoms with Crippen LogP contribution >= 0.6 is 0 Å². The molecule has 0 radical (unpaired) electrons. The summed E-state index contributed by atoms with van der Waals surface area (Å²) < 4.78 is 0. The first-order valence-corrected chi connectivity index (χ1v) is 5.98. The van der Waals surface area contributed by atoms with Crippen molar-refractivity contribution in [3.63, 3.8) is 0 Å². The summed E-state index contributed by atoms with van der Waals surface area (Å²) in [5.41, 5.74) is 5.04. The quantitative estimate of drug-likeness (QED) is 0.855. The van der Waals surface area contributed by atoms with Gasteiger partial charge in [-0.3, -0.25) is 0 Å². The summed E-state index contributed by atoms with van der Waals surface area (Å²) in [6.07, 6.45) is 2.88. The van der Waals surface area contributed by atoms with Crippen LogP contribution in [0.15, 0.2) is 36.5 Å². The Labute approximate surface area is 103 Å². The van der Waals surface area contributed by atoms with Crippen LogP contribution in [-0.2, 0) is 6.42 Å². The molecule has 0 aliphatic carbocycles. The van der Waals surface area contributed by atoms with Crippen LogP contribution in [0.25, 0.3) is 0 Å². The zero-order chi connectivity index (χ0) is 12.3. The highest BCUT2D eigenvalue weighted by atomic mass is 15.0. The molecule has 88 valence electrons. The Morgan fingerprint density at radius 3 is 2.65 bits per heavy atom. The molecule has 2 nitrogen and oxygen atoms in total. The monoisotopic (exact) mass is 226 g/mol. The van der Waals surface area contributed by atoms with E-state index in [0.717, 1.165) is 17.9 Å². The van der Waals surface area contributed by atoms with E-state index in [1.54, 1.807) is 0 Å². The highest BCUT2D eigenvalue weighted by molar-refractivity contribution is 5.58. The van der Waals surface area contributed by atoms with Crippen molar-refractivity contribution in [1.82, 2.24) is 4.98 Å². The minimum absolute atomic E-state index is 0.899. The first kappa shape index (κ1) is 11.6. The zero-order valence-electron chi connectivity index (χ0n) is 10.6. The summed E-state index contributed by atoms with van der Waals surface area (Å²) in [7, 11) is 0. The molecular formula is C15H18N2. The van der Waals surface area contributed by atoms with Gasteiger partial charge in [0, 0.05) is 11.9 Å². The fourth-order valence-corrected chi connectivity index (χ4v) is 1.88. The Hall–Kier alpha value is -1.83. The molecule has 0 saturated heterocycles. The van der Waals surface area contributed by atoms with Gasteiger partial charge in [0.2, 0.25) is 0 Å². The lowest BCUT2D eigenvalue weighted by atomic mass is 10.1. The topological polar surface area (TPSA) is 24.9 Å². The predicted molar refractivity (Wildman–Crippen MR) is 72.8 cm³/mol. The van der Waals surface area contributed by atoms with Crippen molar-refractivity contribution in [2.45, 2.75) is 27.2 Å². The minimum atomic E-state index is 0.899. The van der Waals surface area contributed by atoms with Crippen LogP contribution in [0.2, 0.25) is 0 Å². The Kier molecular flexibility index (Phi) is 3.43. The fraction of sp³-hybridized carbons (Fsp3) is 0.267. The number of hydrogen-bond acceptors (Lipinski definition) is 2. The summed E-state index contributed by atoms with van der Waals surface area (Å²) in [5.74, 6) is 0.899. The van der Waals surface area contributed by atoms with Gasteiger partial charge in [-0.05, 0) is 61.2 Å². The molecule has 0 aliphatic heterocycles. The average molecular weight is 226 g/mol. The summed E-state index contributed by atoms with van der Waals surface area (Å²) in [5, 5.41) is 3.34. The number of rotatable bonds is 3. The van der Waals surface area contributed by atoms with Crippen molar-refractivity contribution in [1.29, 1.82) is 0 Å². The molecule has 0 unspecified atom stereocenters. The van der Waals surface area contributed by atoms with Gasteiger partial charge < -0.3 is 5.32 Å². The normalized spacial score (nSPS) is 10.3. The highest BCUT2D eigenvalue weighted by Crippen LogP contribution is 2.19. The number of nitrogens with zero attached hydrogens (tertiary/aromatic N) is 1. The Morgan fingerprint density at radius 2 is 1.94 bits per heavy atom. The number of pyridine rings is 1. The van der Waals surface area contributed by atoms with Gasteiger partial charge in [-0.1, -0.05) is 13.0 Å². The summed E-state index contributed by atoms with van der Waals surface area (Å²) in [4.78, 5) is 4.30. The highest BCUT2D eigenvalue weighted by Gasteiger charge is 2.00. The van der Waals surface area contributed by atoms with E-state index in [9.17, 15) is 0 Å². The lowest BCUT2D eigenvalue weighted by molar-refractivity contribution is 1.11. The molecule has 1 aromatic heterocycles. The molecule has 0 bridgehead atoms. The van der Waals surface area contributed by atoms with Crippen LogP contribution < -0.4 is 5.32 Å². The lowest BCUT2D eigenvalue weighted by Crippen LogP contribution is -1.95. The fourth-order valence-electron chi connectivity index (χ4n) is 1.88. The van der Waals surface area contributed by atoms with Crippen molar-refractivity contribution in [3.8, 4) is 0 Å².